The predicted molar refractivity (Wildman–Crippen MR) is 90.7 cm³/mol. The largest absolute Gasteiger partial charge is 0.345 e. The number of aryl methyl sites for hydroxylation is 1. The molecule has 2 aromatic heterocycles. The molecule has 0 aliphatic rings. The minimum Gasteiger partial charge on any atom is -0.345 e. The summed E-state index contributed by atoms with van der Waals surface area (Å²) in [6, 6.07) is 1.71. The molecule has 0 unspecified atom stereocenters. The van der Waals surface area contributed by atoms with Crippen LogP contribution in [0.2, 0.25) is 0 Å². The van der Waals surface area contributed by atoms with E-state index in [0.29, 0.717) is 10.6 Å². The van der Waals surface area contributed by atoms with Crippen LogP contribution in [0.3, 0.4) is 0 Å². The summed E-state index contributed by atoms with van der Waals surface area (Å²) in [4.78, 5) is 4.77. The predicted octanol–water partition coefficient (Wildman–Crippen LogP) is 3.23. The topological polar surface area (TPSA) is 64.0 Å². The van der Waals surface area contributed by atoms with Gasteiger partial charge < -0.3 is 4.57 Å². The smallest absolute Gasteiger partial charge is 0.242 e. The van der Waals surface area contributed by atoms with E-state index in [1.54, 1.807) is 6.07 Å². The molecule has 0 spiro atoms. The van der Waals surface area contributed by atoms with Gasteiger partial charge in [-0.1, -0.05) is 6.92 Å². The Hall–Kier alpha value is -1.18. The standard InChI is InChI=1S/C15H23N3O2S2/c1-7-15(4,5)17-22(19,20)13-8-12(18(6)11(13)3)14-16-10(2)9-21-14/h8-9,17H,7H2,1-6H3. The lowest BCUT2D eigenvalue weighted by atomic mass is 10.0. The summed E-state index contributed by atoms with van der Waals surface area (Å²) in [5, 5.41) is 2.80. The van der Waals surface area contributed by atoms with Crippen molar-refractivity contribution in [2.45, 2.75) is 51.5 Å². The zero-order valence-corrected chi connectivity index (χ0v) is 15.5. The first kappa shape index (κ1) is 17.2. The molecule has 0 fully saturated rings. The summed E-state index contributed by atoms with van der Waals surface area (Å²) in [6.07, 6.45) is 0.719. The summed E-state index contributed by atoms with van der Waals surface area (Å²) in [7, 11) is -1.69. The van der Waals surface area contributed by atoms with Crippen molar-refractivity contribution in [2.24, 2.45) is 7.05 Å². The SMILES string of the molecule is CCC(C)(C)NS(=O)(=O)c1cc(-c2nc(C)cs2)n(C)c1C. The van der Waals surface area contributed by atoms with Gasteiger partial charge in [-0.05, 0) is 40.2 Å². The first-order chi connectivity index (χ1) is 10.1. The van der Waals surface area contributed by atoms with E-state index in [1.165, 1.54) is 11.3 Å². The van der Waals surface area contributed by atoms with Crippen LogP contribution in [0, 0.1) is 13.8 Å². The average molecular weight is 342 g/mol. The molecule has 0 aliphatic heterocycles. The van der Waals surface area contributed by atoms with Gasteiger partial charge in [-0.2, -0.15) is 0 Å². The van der Waals surface area contributed by atoms with E-state index in [0.717, 1.165) is 22.8 Å². The van der Waals surface area contributed by atoms with Crippen LogP contribution >= 0.6 is 11.3 Å². The van der Waals surface area contributed by atoms with Gasteiger partial charge in [-0.15, -0.1) is 11.3 Å². The molecule has 0 aliphatic carbocycles. The van der Waals surface area contributed by atoms with Gasteiger partial charge in [0.2, 0.25) is 10.0 Å². The zero-order chi connectivity index (χ0) is 16.7. The van der Waals surface area contributed by atoms with E-state index >= 15 is 0 Å². The van der Waals surface area contributed by atoms with Crippen molar-refractivity contribution in [3.05, 3.63) is 22.8 Å². The number of hydrogen-bond acceptors (Lipinski definition) is 4. The molecule has 2 aromatic rings. The molecule has 0 saturated carbocycles. The highest BCUT2D eigenvalue weighted by Gasteiger charge is 2.28. The number of nitrogens with one attached hydrogen (secondary N) is 1. The van der Waals surface area contributed by atoms with Gasteiger partial charge in [0, 0.05) is 29.4 Å². The molecule has 0 bridgehead atoms. The summed E-state index contributed by atoms with van der Waals surface area (Å²) in [5.74, 6) is 0. The fourth-order valence-corrected chi connectivity index (χ4v) is 4.73. The minimum atomic E-state index is -3.56. The van der Waals surface area contributed by atoms with Crippen LogP contribution in [-0.2, 0) is 17.1 Å². The highest BCUT2D eigenvalue weighted by Crippen LogP contribution is 2.30. The van der Waals surface area contributed by atoms with E-state index < -0.39 is 15.6 Å². The molecular weight excluding hydrogens is 318 g/mol. The molecule has 5 nitrogen and oxygen atoms in total. The summed E-state index contributed by atoms with van der Waals surface area (Å²) >= 11 is 1.52. The maximum atomic E-state index is 12.7. The molecule has 0 aromatic carbocycles. The lowest BCUT2D eigenvalue weighted by molar-refractivity contribution is 0.439. The zero-order valence-electron chi connectivity index (χ0n) is 13.9. The van der Waals surface area contributed by atoms with Gasteiger partial charge >= 0.3 is 0 Å². The van der Waals surface area contributed by atoms with Crippen LogP contribution in [0.15, 0.2) is 16.3 Å². The van der Waals surface area contributed by atoms with E-state index in [1.807, 2.05) is 51.6 Å². The number of thiazole rings is 1. The third kappa shape index (κ3) is 3.26. The second kappa shape index (κ2) is 5.79. The van der Waals surface area contributed by atoms with Crippen LogP contribution in [0.25, 0.3) is 10.7 Å². The van der Waals surface area contributed by atoms with E-state index in [2.05, 4.69) is 9.71 Å². The third-order valence-corrected chi connectivity index (χ3v) is 6.71. The Labute approximate surface area is 136 Å². The lowest BCUT2D eigenvalue weighted by Gasteiger charge is -2.24. The van der Waals surface area contributed by atoms with E-state index in [-0.39, 0.29) is 0 Å². The second-order valence-corrected chi connectivity index (χ2v) is 8.68. The van der Waals surface area contributed by atoms with Crippen LogP contribution in [0.1, 0.15) is 38.6 Å². The molecule has 22 heavy (non-hydrogen) atoms. The van der Waals surface area contributed by atoms with Crippen LogP contribution < -0.4 is 4.72 Å². The van der Waals surface area contributed by atoms with Crippen LogP contribution in [0.4, 0.5) is 0 Å². The molecule has 0 saturated heterocycles. The fraction of sp³-hybridized carbons (Fsp3) is 0.533. The van der Waals surface area contributed by atoms with Crippen molar-refractivity contribution in [2.75, 3.05) is 0 Å². The molecule has 0 radical (unpaired) electrons. The van der Waals surface area contributed by atoms with Crippen molar-refractivity contribution in [1.29, 1.82) is 0 Å². The summed E-state index contributed by atoms with van der Waals surface area (Å²) in [5.41, 5.74) is 2.00. The Bertz CT molecular complexity index is 786. The van der Waals surface area contributed by atoms with Gasteiger partial charge in [0.15, 0.2) is 0 Å². The maximum Gasteiger partial charge on any atom is 0.242 e. The fourth-order valence-electron chi connectivity index (χ4n) is 2.11. The minimum absolute atomic E-state index is 0.319. The Morgan fingerprint density at radius 3 is 2.50 bits per heavy atom. The van der Waals surface area contributed by atoms with Gasteiger partial charge in [-0.3, -0.25) is 0 Å². The highest BCUT2D eigenvalue weighted by atomic mass is 32.2. The van der Waals surface area contributed by atoms with Crippen molar-refractivity contribution in [1.82, 2.24) is 14.3 Å². The van der Waals surface area contributed by atoms with Gasteiger partial charge in [0.1, 0.15) is 9.90 Å². The molecule has 1 N–H and O–H groups in total. The lowest BCUT2D eigenvalue weighted by Crippen LogP contribution is -2.42. The summed E-state index contributed by atoms with van der Waals surface area (Å²) in [6.45, 7) is 9.47. The Morgan fingerprint density at radius 2 is 2.00 bits per heavy atom. The molecule has 0 amide bonds. The maximum absolute atomic E-state index is 12.7. The first-order valence-corrected chi connectivity index (χ1v) is 9.56. The summed E-state index contributed by atoms with van der Waals surface area (Å²) < 4.78 is 30.0. The van der Waals surface area contributed by atoms with Crippen LogP contribution in [-0.4, -0.2) is 23.5 Å². The quantitative estimate of drug-likeness (QED) is 0.908. The normalized spacial score (nSPS) is 12.8. The number of aromatic nitrogens is 2. The van der Waals surface area contributed by atoms with Crippen molar-refractivity contribution in [3.8, 4) is 10.7 Å². The van der Waals surface area contributed by atoms with Gasteiger partial charge in [-0.25, -0.2) is 18.1 Å². The molecule has 0 atom stereocenters. The third-order valence-electron chi connectivity index (χ3n) is 3.91. The van der Waals surface area contributed by atoms with Gasteiger partial charge in [0.05, 0.1) is 5.69 Å². The number of hydrogen-bond donors (Lipinski definition) is 1. The molecule has 2 heterocycles. The Morgan fingerprint density at radius 1 is 1.36 bits per heavy atom. The van der Waals surface area contributed by atoms with Crippen molar-refractivity contribution in [3.63, 3.8) is 0 Å². The number of nitrogens with zero attached hydrogens (tertiary/aromatic N) is 2. The van der Waals surface area contributed by atoms with Crippen molar-refractivity contribution >= 4 is 21.4 Å². The monoisotopic (exact) mass is 341 g/mol. The Balaban J connectivity index is 2.49. The van der Waals surface area contributed by atoms with E-state index in [4.69, 9.17) is 0 Å². The first-order valence-electron chi connectivity index (χ1n) is 7.20. The van der Waals surface area contributed by atoms with Crippen molar-refractivity contribution < 1.29 is 8.42 Å². The number of sulfonamides is 1. The Kier molecular flexibility index (Phi) is 4.52. The number of rotatable bonds is 5. The van der Waals surface area contributed by atoms with Gasteiger partial charge in [0.25, 0.3) is 0 Å². The molecule has 7 heteroatoms. The molecular formula is C15H23N3O2S2. The second-order valence-electron chi connectivity index (χ2n) is 6.18. The molecule has 122 valence electrons. The average Bonchev–Trinajstić information content (AvgIpc) is 2.94. The molecule has 2 rings (SSSR count). The van der Waals surface area contributed by atoms with E-state index in [9.17, 15) is 8.42 Å². The highest BCUT2D eigenvalue weighted by molar-refractivity contribution is 7.89. The van der Waals surface area contributed by atoms with Crippen LogP contribution in [0.5, 0.6) is 0 Å².